The molecule has 1 atom stereocenters. The molecular formula is C14H25N5S. The molecule has 0 amide bonds. The molecule has 0 saturated heterocycles. The topological polar surface area (TPSA) is 62.2 Å². The maximum absolute atomic E-state index is 4.60. The van der Waals surface area contributed by atoms with E-state index in [-0.39, 0.29) is 0 Å². The van der Waals surface area contributed by atoms with Gasteiger partial charge in [-0.2, -0.15) is 0 Å². The average molecular weight is 295 g/mol. The summed E-state index contributed by atoms with van der Waals surface area (Å²) in [6.45, 7) is 12.3. The predicted molar refractivity (Wildman–Crippen MR) is 84.1 cm³/mol. The van der Waals surface area contributed by atoms with Gasteiger partial charge in [-0.25, -0.2) is 4.99 Å². The van der Waals surface area contributed by atoms with Gasteiger partial charge in [-0.15, -0.1) is 10.2 Å². The number of guanidine groups is 1. The molecule has 0 radical (unpaired) electrons. The largest absolute Gasteiger partial charge is 0.357 e. The number of aromatic nitrogens is 2. The SMILES string of the molecule is CCNC(=NCc1nnc(C(C)C)s1)NC1CC1(C)C. The van der Waals surface area contributed by atoms with E-state index in [1.54, 1.807) is 11.3 Å². The summed E-state index contributed by atoms with van der Waals surface area (Å²) in [4.78, 5) is 4.60. The van der Waals surface area contributed by atoms with Crippen LogP contribution in [0.4, 0.5) is 0 Å². The lowest BCUT2D eigenvalue weighted by Crippen LogP contribution is -2.39. The lowest BCUT2D eigenvalue weighted by molar-refractivity contribution is 0.589. The smallest absolute Gasteiger partial charge is 0.191 e. The van der Waals surface area contributed by atoms with Gasteiger partial charge in [0.25, 0.3) is 0 Å². The first-order chi connectivity index (χ1) is 9.42. The summed E-state index contributed by atoms with van der Waals surface area (Å²) in [7, 11) is 0. The van der Waals surface area contributed by atoms with E-state index >= 15 is 0 Å². The summed E-state index contributed by atoms with van der Waals surface area (Å²) in [6.07, 6.45) is 1.20. The minimum absolute atomic E-state index is 0.393. The first kappa shape index (κ1) is 15.2. The van der Waals surface area contributed by atoms with Gasteiger partial charge in [-0.05, 0) is 18.8 Å². The van der Waals surface area contributed by atoms with Crippen molar-refractivity contribution in [3.8, 4) is 0 Å². The molecule has 1 fully saturated rings. The van der Waals surface area contributed by atoms with Crippen LogP contribution in [0.3, 0.4) is 0 Å². The van der Waals surface area contributed by atoms with Gasteiger partial charge in [0.15, 0.2) is 5.96 Å². The second kappa shape index (κ2) is 6.08. The highest BCUT2D eigenvalue weighted by atomic mass is 32.1. The number of aliphatic imine (C=N–C) groups is 1. The first-order valence-corrected chi connectivity index (χ1v) is 8.11. The highest BCUT2D eigenvalue weighted by Crippen LogP contribution is 2.44. The fraction of sp³-hybridized carbons (Fsp3) is 0.786. The molecule has 0 bridgehead atoms. The van der Waals surface area contributed by atoms with Gasteiger partial charge in [-0.1, -0.05) is 39.0 Å². The molecule has 6 heteroatoms. The zero-order valence-electron chi connectivity index (χ0n) is 13.0. The zero-order valence-corrected chi connectivity index (χ0v) is 13.8. The highest BCUT2D eigenvalue weighted by Gasteiger charge is 2.46. The highest BCUT2D eigenvalue weighted by molar-refractivity contribution is 7.11. The molecule has 112 valence electrons. The molecule has 1 aliphatic carbocycles. The molecule has 1 unspecified atom stereocenters. The van der Waals surface area contributed by atoms with Crippen LogP contribution in [0.1, 0.15) is 57.0 Å². The molecule has 1 saturated carbocycles. The van der Waals surface area contributed by atoms with Crippen LogP contribution in [-0.4, -0.2) is 28.7 Å². The van der Waals surface area contributed by atoms with Crippen LogP contribution < -0.4 is 10.6 Å². The number of nitrogens with one attached hydrogen (secondary N) is 2. The second-order valence-corrected chi connectivity index (χ2v) is 7.37. The summed E-state index contributed by atoms with van der Waals surface area (Å²) < 4.78 is 0. The Labute approximate surface area is 125 Å². The Morgan fingerprint density at radius 3 is 2.65 bits per heavy atom. The normalized spacial score (nSPS) is 21.1. The van der Waals surface area contributed by atoms with Crippen molar-refractivity contribution < 1.29 is 0 Å². The molecule has 20 heavy (non-hydrogen) atoms. The van der Waals surface area contributed by atoms with E-state index in [0.29, 0.717) is 23.9 Å². The van der Waals surface area contributed by atoms with Crippen molar-refractivity contribution in [2.45, 2.75) is 59.5 Å². The summed E-state index contributed by atoms with van der Waals surface area (Å²) in [6, 6.07) is 0.529. The fourth-order valence-corrected chi connectivity index (χ4v) is 2.68. The van der Waals surface area contributed by atoms with Gasteiger partial charge < -0.3 is 10.6 Å². The number of hydrogen-bond acceptors (Lipinski definition) is 4. The molecule has 2 rings (SSSR count). The summed E-state index contributed by atoms with van der Waals surface area (Å²) in [5, 5.41) is 17.2. The van der Waals surface area contributed by atoms with E-state index < -0.39 is 0 Å². The van der Waals surface area contributed by atoms with E-state index in [2.05, 4.69) is 60.4 Å². The Morgan fingerprint density at radius 1 is 1.45 bits per heavy atom. The van der Waals surface area contributed by atoms with Crippen LogP contribution in [0.25, 0.3) is 0 Å². The van der Waals surface area contributed by atoms with E-state index in [1.165, 1.54) is 6.42 Å². The summed E-state index contributed by atoms with van der Waals surface area (Å²) in [5.74, 6) is 1.31. The zero-order chi connectivity index (χ0) is 14.8. The quantitative estimate of drug-likeness (QED) is 0.647. The van der Waals surface area contributed by atoms with Crippen LogP contribution in [0, 0.1) is 5.41 Å². The van der Waals surface area contributed by atoms with Crippen LogP contribution in [0.2, 0.25) is 0 Å². The minimum Gasteiger partial charge on any atom is -0.357 e. The van der Waals surface area contributed by atoms with Gasteiger partial charge in [-0.3, -0.25) is 0 Å². The Kier molecular flexibility index (Phi) is 4.62. The first-order valence-electron chi connectivity index (χ1n) is 7.29. The standard InChI is InChI=1S/C14H25N5S/c1-6-15-13(17-10-7-14(10,4)5)16-8-11-18-19-12(20-11)9(2)3/h9-10H,6-8H2,1-5H3,(H2,15,16,17). The average Bonchev–Trinajstić information content (AvgIpc) is 2.79. The van der Waals surface area contributed by atoms with Crippen LogP contribution in [0.5, 0.6) is 0 Å². The van der Waals surface area contributed by atoms with Gasteiger partial charge in [0.1, 0.15) is 10.0 Å². The molecule has 1 aromatic heterocycles. The van der Waals surface area contributed by atoms with Crippen molar-refractivity contribution in [2.75, 3.05) is 6.54 Å². The van der Waals surface area contributed by atoms with Gasteiger partial charge in [0.05, 0.1) is 6.54 Å². The van der Waals surface area contributed by atoms with E-state index in [9.17, 15) is 0 Å². The number of rotatable bonds is 5. The van der Waals surface area contributed by atoms with E-state index in [1.807, 2.05) is 0 Å². The third kappa shape index (κ3) is 3.91. The summed E-state index contributed by atoms with van der Waals surface area (Å²) >= 11 is 1.65. The van der Waals surface area contributed by atoms with Crippen molar-refractivity contribution in [3.63, 3.8) is 0 Å². The maximum Gasteiger partial charge on any atom is 0.191 e. The molecule has 2 N–H and O–H groups in total. The second-order valence-electron chi connectivity index (χ2n) is 6.27. The van der Waals surface area contributed by atoms with Crippen LogP contribution in [-0.2, 0) is 6.54 Å². The van der Waals surface area contributed by atoms with Crippen molar-refractivity contribution in [1.29, 1.82) is 0 Å². The Balaban J connectivity index is 1.94. The fourth-order valence-electron chi connectivity index (χ4n) is 1.91. The number of nitrogens with zero attached hydrogens (tertiary/aromatic N) is 3. The minimum atomic E-state index is 0.393. The Bertz CT molecular complexity index is 478. The van der Waals surface area contributed by atoms with Crippen molar-refractivity contribution >= 4 is 17.3 Å². The molecule has 0 aromatic carbocycles. The number of hydrogen-bond donors (Lipinski definition) is 2. The lowest BCUT2D eigenvalue weighted by atomic mass is 10.2. The third-order valence-corrected chi connectivity index (χ3v) is 4.73. The molecule has 1 heterocycles. The van der Waals surface area contributed by atoms with Crippen molar-refractivity contribution in [3.05, 3.63) is 10.0 Å². The monoisotopic (exact) mass is 295 g/mol. The van der Waals surface area contributed by atoms with Gasteiger partial charge in [0.2, 0.25) is 0 Å². The van der Waals surface area contributed by atoms with Crippen molar-refractivity contribution in [1.82, 2.24) is 20.8 Å². The van der Waals surface area contributed by atoms with E-state index in [4.69, 9.17) is 0 Å². The molecular weight excluding hydrogens is 270 g/mol. The molecule has 5 nitrogen and oxygen atoms in total. The lowest BCUT2D eigenvalue weighted by Gasteiger charge is -2.12. The molecule has 1 aliphatic rings. The van der Waals surface area contributed by atoms with Crippen LogP contribution >= 0.6 is 11.3 Å². The van der Waals surface area contributed by atoms with Crippen LogP contribution in [0.15, 0.2) is 4.99 Å². The maximum atomic E-state index is 4.60. The molecule has 1 aromatic rings. The van der Waals surface area contributed by atoms with E-state index in [0.717, 1.165) is 22.5 Å². The predicted octanol–water partition coefficient (Wildman–Crippen LogP) is 2.52. The Hall–Kier alpha value is -1.17. The Morgan fingerprint density at radius 2 is 2.15 bits per heavy atom. The third-order valence-electron chi connectivity index (χ3n) is 3.52. The summed E-state index contributed by atoms with van der Waals surface area (Å²) in [5.41, 5.74) is 0.393. The molecule has 0 aliphatic heterocycles. The van der Waals surface area contributed by atoms with Gasteiger partial charge in [0, 0.05) is 18.5 Å². The van der Waals surface area contributed by atoms with Gasteiger partial charge >= 0.3 is 0 Å². The van der Waals surface area contributed by atoms with Crippen molar-refractivity contribution in [2.24, 2.45) is 10.4 Å². The molecule has 0 spiro atoms.